The molecule has 2 rings (SSSR count). The van der Waals surface area contributed by atoms with E-state index in [-0.39, 0.29) is 11.9 Å². The molecule has 2 aromatic carbocycles. The van der Waals surface area contributed by atoms with Gasteiger partial charge >= 0.3 is 11.9 Å². The first-order chi connectivity index (χ1) is 10.4. The molecule has 114 valence electrons. The molecule has 0 saturated heterocycles. The monoisotopic (exact) mass is 298 g/mol. The summed E-state index contributed by atoms with van der Waals surface area (Å²) in [6.07, 6.45) is 0. The van der Waals surface area contributed by atoms with Gasteiger partial charge in [-0.25, -0.2) is 4.79 Å². The number of rotatable bonds is 4. The number of esters is 2. The van der Waals surface area contributed by atoms with Crippen LogP contribution in [0.2, 0.25) is 0 Å². The molecule has 0 aliphatic carbocycles. The third-order valence-electron chi connectivity index (χ3n) is 3.03. The predicted molar refractivity (Wildman–Crippen MR) is 84.9 cm³/mol. The maximum Gasteiger partial charge on any atom is 0.338 e. The highest BCUT2D eigenvalue weighted by molar-refractivity contribution is 5.90. The van der Waals surface area contributed by atoms with Crippen molar-refractivity contribution in [2.24, 2.45) is 5.92 Å². The average Bonchev–Trinajstić information content (AvgIpc) is 2.47. The van der Waals surface area contributed by atoms with Crippen molar-refractivity contribution in [1.29, 1.82) is 0 Å². The maximum absolute atomic E-state index is 11.6. The summed E-state index contributed by atoms with van der Waals surface area (Å²) in [6, 6.07) is 10.6. The van der Waals surface area contributed by atoms with Crippen molar-refractivity contribution in [1.82, 2.24) is 0 Å². The molecule has 0 N–H and O–H groups in total. The molecule has 0 aliphatic rings. The molecule has 0 aliphatic heterocycles. The first-order valence-corrected chi connectivity index (χ1v) is 7.00. The molecule has 22 heavy (non-hydrogen) atoms. The minimum absolute atomic E-state index is 0.181. The average molecular weight is 298 g/mol. The van der Waals surface area contributed by atoms with Gasteiger partial charge in [0.15, 0.2) is 0 Å². The number of carbonyl (C=O) groups excluding carboxylic acids is 2. The van der Waals surface area contributed by atoms with Gasteiger partial charge in [-0.2, -0.15) is 0 Å². The Morgan fingerprint density at radius 2 is 1.45 bits per heavy atom. The largest absolute Gasteiger partial charge is 0.426 e. The van der Waals surface area contributed by atoms with Gasteiger partial charge in [-0.3, -0.25) is 4.79 Å². The first-order valence-electron chi connectivity index (χ1n) is 7.00. The van der Waals surface area contributed by atoms with Gasteiger partial charge in [-0.05, 0) is 42.0 Å². The van der Waals surface area contributed by atoms with Gasteiger partial charge in [0.1, 0.15) is 11.5 Å². The van der Waals surface area contributed by atoms with Crippen LogP contribution in [0.4, 0.5) is 0 Å². The van der Waals surface area contributed by atoms with Crippen LogP contribution in [0.3, 0.4) is 0 Å². The highest BCUT2D eigenvalue weighted by atomic mass is 16.5. The van der Waals surface area contributed by atoms with Crippen molar-refractivity contribution < 1.29 is 19.1 Å². The maximum atomic E-state index is 11.6. The molecule has 0 amide bonds. The lowest BCUT2D eigenvalue weighted by Gasteiger charge is -2.09. The summed E-state index contributed by atoms with van der Waals surface area (Å²) in [5.41, 5.74) is 0.344. The molecule has 0 bridgehead atoms. The van der Waals surface area contributed by atoms with Crippen molar-refractivity contribution in [3.63, 3.8) is 0 Å². The smallest absolute Gasteiger partial charge is 0.338 e. The number of carbonyl (C=O) groups is 2. The lowest BCUT2D eigenvalue weighted by molar-refractivity contribution is -0.137. The lowest BCUT2D eigenvalue weighted by Crippen LogP contribution is -2.14. The minimum Gasteiger partial charge on any atom is -0.426 e. The fourth-order valence-electron chi connectivity index (χ4n) is 1.76. The van der Waals surface area contributed by atoms with Crippen LogP contribution in [0, 0.1) is 5.92 Å². The van der Waals surface area contributed by atoms with Crippen molar-refractivity contribution in [3.8, 4) is 11.5 Å². The van der Waals surface area contributed by atoms with Crippen LogP contribution < -0.4 is 9.47 Å². The molecule has 0 atom stereocenters. The Morgan fingerprint density at radius 1 is 0.955 bits per heavy atom. The molecule has 4 heteroatoms. The van der Waals surface area contributed by atoms with Crippen molar-refractivity contribution >= 4 is 22.7 Å². The zero-order chi connectivity index (χ0) is 16.3. The van der Waals surface area contributed by atoms with E-state index in [9.17, 15) is 9.59 Å². The summed E-state index contributed by atoms with van der Waals surface area (Å²) in [5.74, 6) is 0.0399. The van der Waals surface area contributed by atoms with Crippen LogP contribution in [0.5, 0.6) is 11.5 Å². The van der Waals surface area contributed by atoms with Gasteiger partial charge in [-0.15, -0.1) is 0 Å². The van der Waals surface area contributed by atoms with Gasteiger partial charge < -0.3 is 9.47 Å². The predicted octanol–water partition coefficient (Wildman–Crippen LogP) is 3.88. The fourth-order valence-corrected chi connectivity index (χ4v) is 1.76. The standard InChI is InChI=1S/C18H18O4/c1-11(2)17(19)21-15-7-5-14-10-16(8-6-13(14)9-15)22-18(20)12(3)4/h5-10,12H,1H2,2-4H3. The number of benzene rings is 2. The quantitative estimate of drug-likeness (QED) is 0.488. The molecule has 0 radical (unpaired) electrons. The third kappa shape index (κ3) is 3.73. The van der Waals surface area contributed by atoms with Crippen molar-refractivity contribution in [2.45, 2.75) is 20.8 Å². The number of fused-ring (bicyclic) bond motifs is 1. The van der Waals surface area contributed by atoms with Crippen LogP contribution >= 0.6 is 0 Å². The zero-order valence-electron chi connectivity index (χ0n) is 12.9. The second-order valence-electron chi connectivity index (χ2n) is 5.42. The molecule has 0 fully saturated rings. The first kappa shape index (κ1) is 15.8. The molecule has 0 unspecified atom stereocenters. The second-order valence-corrected chi connectivity index (χ2v) is 5.42. The number of hydrogen-bond donors (Lipinski definition) is 0. The topological polar surface area (TPSA) is 52.6 Å². The second kappa shape index (κ2) is 6.43. The Bertz CT molecular complexity index is 744. The van der Waals surface area contributed by atoms with E-state index in [1.165, 1.54) is 0 Å². The molecule has 4 nitrogen and oxygen atoms in total. The summed E-state index contributed by atoms with van der Waals surface area (Å²) in [6.45, 7) is 8.71. The molecule has 0 spiro atoms. The van der Waals surface area contributed by atoms with E-state index >= 15 is 0 Å². The number of hydrogen-bond acceptors (Lipinski definition) is 4. The Hall–Kier alpha value is -2.62. The van der Waals surface area contributed by atoms with Crippen molar-refractivity contribution in [3.05, 3.63) is 48.6 Å². The molecular formula is C18H18O4. The Morgan fingerprint density at radius 3 is 1.91 bits per heavy atom. The highest BCUT2D eigenvalue weighted by Crippen LogP contribution is 2.25. The van der Waals surface area contributed by atoms with E-state index in [1.807, 2.05) is 12.1 Å². The summed E-state index contributed by atoms with van der Waals surface area (Å²) in [7, 11) is 0. The van der Waals surface area contributed by atoms with Crippen LogP contribution in [-0.2, 0) is 9.59 Å². The molecule has 2 aromatic rings. The van der Waals surface area contributed by atoms with Crippen LogP contribution in [0.25, 0.3) is 10.8 Å². The van der Waals surface area contributed by atoms with Crippen LogP contribution in [-0.4, -0.2) is 11.9 Å². The Labute approximate surface area is 129 Å². The van der Waals surface area contributed by atoms with E-state index in [4.69, 9.17) is 9.47 Å². The number of ether oxygens (including phenoxy) is 2. The van der Waals surface area contributed by atoms with E-state index < -0.39 is 5.97 Å². The van der Waals surface area contributed by atoms with E-state index in [2.05, 4.69) is 6.58 Å². The zero-order valence-corrected chi connectivity index (χ0v) is 12.9. The van der Waals surface area contributed by atoms with Crippen LogP contribution in [0.1, 0.15) is 20.8 Å². The van der Waals surface area contributed by atoms with Crippen molar-refractivity contribution in [2.75, 3.05) is 0 Å². The van der Waals surface area contributed by atoms with E-state index in [0.29, 0.717) is 17.1 Å². The normalized spacial score (nSPS) is 10.5. The van der Waals surface area contributed by atoms with E-state index in [1.54, 1.807) is 45.0 Å². The summed E-state index contributed by atoms with van der Waals surface area (Å²) < 4.78 is 10.5. The Kier molecular flexibility index (Phi) is 4.61. The summed E-state index contributed by atoms with van der Waals surface area (Å²) >= 11 is 0. The Balaban J connectivity index is 2.23. The molecule has 0 aromatic heterocycles. The van der Waals surface area contributed by atoms with Gasteiger partial charge in [-0.1, -0.05) is 32.6 Å². The SMILES string of the molecule is C=C(C)C(=O)Oc1ccc2cc(OC(=O)C(C)C)ccc2c1. The minimum atomic E-state index is -0.457. The van der Waals surface area contributed by atoms with E-state index in [0.717, 1.165) is 10.8 Å². The highest BCUT2D eigenvalue weighted by Gasteiger charge is 2.10. The molecule has 0 heterocycles. The fraction of sp³-hybridized carbons (Fsp3) is 0.222. The van der Waals surface area contributed by atoms with Gasteiger partial charge in [0, 0.05) is 5.57 Å². The van der Waals surface area contributed by atoms with Gasteiger partial charge in [0.05, 0.1) is 5.92 Å². The van der Waals surface area contributed by atoms with Crippen LogP contribution in [0.15, 0.2) is 48.6 Å². The molecular weight excluding hydrogens is 280 g/mol. The van der Waals surface area contributed by atoms with Gasteiger partial charge in [0.2, 0.25) is 0 Å². The third-order valence-corrected chi connectivity index (χ3v) is 3.03. The lowest BCUT2D eigenvalue weighted by atomic mass is 10.1. The summed E-state index contributed by atoms with van der Waals surface area (Å²) in [4.78, 5) is 23.1. The molecule has 0 saturated carbocycles. The van der Waals surface area contributed by atoms with Gasteiger partial charge in [0.25, 0.3) is 0 Å². The summed E-state index contributed by atoms with van der Waals surface area (Å²) in [5, 5.41) is 1.78.